The van der Waals surface area contributed by atoms with Gasteiger partial charge in [0.2, 0.25) is 0 Å². The van der Waals surface area contributed by atoms with E-state index in [1.807, 2.05) is 0 Å². The van der Waals surface area contributed by atoms with E-state index < -0.39 is 5.97 Å². The molecule has 0 spiro atoms. The predicted molar refractivity (Wildman–Crippen MR) is 50.0 cm³/mol. The monoisotopic (exact) mass is 210 g/mol. The summed E-state index contributed by atoms with van der Waals surface area (Å²) >= 11 is 0. The van der Waals surface area contributed by atoms with Gasteiger partial charge in [0.15, 0.2) is 0 Å². The molecule has 0 aromatic rings. The Hall–Kier alpha value is -1.14. The molecule has 0 bridgehead atoms. The first kappa shape index (κ1) is 18.6. The molecular weight excluding hydrogens is 192 g/mol. The molecule has 4 N–H and O–H groups in total. The van der Waals surface area contributed by atoms with Crippen molar-refractivity contribution in [1.82, 2.24) is 0 Å². The van der Waals surface area contributed by atoms with Crippen LogP contribution in [0.5, 0.6) is 0 Å². The van der Waals surface area contributed by atoms with Crippen LogP contribution in [-0.2, 0) is 9.59 Å². The number of carboxylic acids is 1. The smallest absolute Gasteiger partial charge is 0.300 e. The Labute approximate surface area is 82.8 Å². The zero-order chi connectivity index (χ0) is 12.0. The fraction of sp³-hybridized carbons (Fsp3) is 0.750. The molecule has 0 aromatic carbocycles. The van der Waals surface area contributed by atoms with Gasteiger partial charge in [-0.1, -0.05) is 0 Å². The number of aliphatic carboxylic acids is 1. The van der Waals surface area contributed by atoms with Crippen LogP contribution >= 0.6 is 0 Å². The second-order valence-corrected chi connectivity index (χ2v) is 2.34. The number of rotatable bonds is 3. The molecule has 0 radical (unpaired) electrons. The van der Waals surface area contributed by atoms with Crippen molar-refractivity contribution in [3.8, 4) is 0 Å². The van der Waals surface area contributed by atoms with E-state index in [1.54, 1.807) is 6.92 Å². The van der Waals surface area contributed by atoms with E-state index >= 15 is 0 Å². The molecule has 0 aromatic heterocycles. The lowest BCUT2D eigenvalue weighted by Gasteiger charge is -1.98. The van der Waals surface area contributed by atoms with Crippen molar-refractivity contribution in [3.63, 3.8) is 0 Å². The van der Waals surface area contributed by atoms with E-state index in [-0.39, 0.29) is 19.2 Å². The standard InChI is InChI=1S/C5H12O2.C2H4O2.CH2O2/c1-5(7)3-2-4-6;1-2(3)4;2-1-3/h5-7H,2-4H2,1H3;1H3,(H,3,4);1H,(H,2,3). The Bertz CT molecular complexity index is 119. The van der Waals surface area contributed by atoms with Crippen molar-refractivity contribution >= 4 is 12.4 Å². The maximum atomic E-state index is 9.00. The minimum absolute atomic E-state index is 0.185. The van der Waals surface area contributed by atoms with Gasteiger partial charge in [0.1, 0.15) is 0 Å². The fourth-order valence-electron chi connectivity index (χ4n) is 0.387. The molecule has 0 heterocycles. The molecule has 6 nitrogen and oxygen atoms in total. The molecule has 86 valence electrons. The van der Waals surface area contributed by atoms with Gasteiger partial charge in [-0.25, -0.2) is 0 Å². The minimum atomic E-state index is -0.833. The highest BCUT2D eigenvalue weighted by Crippen LogP contribution is 1.92. The molecular formula is C8H18O6. The molecule has 1 atom stereocenters. The summed E-state index contributed by atoms with van der Waals surface area (Å²) in [5.74, 6) is -0.833. The van der Waals surface area contributed by atoms with Crippen molar-refractivity contribution in [2.45, 2.75) is 32.8 Å². The van der Waals surface area contributed by atoms with E-state index in [9.17, 15) is 0 Å². The molecule has 0 amide bonds. The number of hydrogen-bond acceptors (Lipinski definition) is 4. The van der Waals surface area contributed by atoms with Crippen LogP contribution in [0.4, 0.5) is 0 Å². The van der Waals surface area contributed by atoms with E-state index in [2.05, 4.69) is 0 Å². The van der Waals surface area contributed by atoms with Crippen molar-refractivity contribution in [1.29, 1.82) is 0 Å². The van der Waals surface area contributed by atoms with Gasteiger partial charge in [-0.05, 0) is 19.8 Å². The Balaban J connectivity index is -0.000000147. The first-order valence-corrected chi connectivity index (χ1v) is 3.98. The molecule has 1 unspecified atom stereocenters. The average Bonchev–Trinajstić information content (AvgIpc) is 2.01. The third-order valence-corrected chi connectivity index (χ3v) is 0.780. The van der Waals surface area contributed by atoms with Gasteiger partial charge >= 0.3 is 0 Å². The Morgan fingerprint density at radius 2 is 1.79 bits per heavy atom. The summed E-state index contributed by atoms with van der Waals surface area (Å²) in [6.07, 6.45) is 1.15. The Kier molecular flexibility index (Phi) is 23.7. The third-order valence-electron chi connectivity index (χ3n) is 0.780. The van der Waals surface area contributed by atoms with Crippen LogP contribution in [0.3, 0.4) is 0 Å². The van der Waals surface area contributed by atoms with Crippen molar-refractivity contribution in [2.24, 2.45) is 0 Å². The lowest BCUT2D eigenvalue weighted by molar-refractivity contribution is -0.134. The van der Waals surface area contributed by atoms with Crippen LogP contribution in [0, 0.1) is 0 Å². The highest BCUT2D eigenvalue weighted by Gasteiger charge is 1.90. The summed E-state index contributed by atoms with van der Waals surface area (Å²) in [7, 11) is 0. The maximum absolute atomic E-state index is 9.00. The lowest BCUT2D eigenvalue weighted by Crippen LogP contribution is -1.99. The highest BCUT2D eigenvalue weighted by atomic mass is 16.4. The van der Waals surface area contributed by atoms with Gasteiger partial charge in [0.05, 0.1) is 6.10 Å². The molecule has 0 aliphatic heterocycles. The molecule has 14 heavy (non-hydrogen) atoms. The first-order chi connectivity index (χ1) is 6.42. The normalized spacial score (nSPS) is 9.71. The highest BCUT2D eigenvalue weighted by molar-refractivity contribution is 5.62. The summed E-state index contributed by atoms with van der Waals surface area (Å²) in [5.41, 5.74) is 0. The summed E-state index contributed by atoms with van der Waals surface area (Å²) in [5, 5.41) is 31.1. The Morgan fingerprint density at radius 3 is 1.86 bits per heavy atom. The number of hydrogen-bond donors (Lipinski definition) is 4. The number of aliphatic hydroxyl groups is 2. The average molecular weight is 210 g/mol. The van der Waals surface area contributed by atoms with Crippen LogP contribution < -0.4 is 0 Å². The number of carbonyl (C=O) groups is 2. The SMILES string of the molecule is CC(=O)O.CC(O)CCCO.O=CO. The lowest BCUT2D eigenvalue weighted by atomic mass is 10.2. The van der Waals surface area contributed by atoms with Gasteiger partial charge in [0.25, 0.3) is 12.4 Å². The van der Waals surface area contributed by atoms with Gasteiger partial charge in [0, 0.05) is 13.5 Å². The van der Waals surface area contributed by atoms with Crippen LogP contribution in [0.25, 0.3) is 0 Å². The van der Waals surface area contributed by atoms with Crippen molar-refractivity contribution < 1.29 is 30.0 Å². The van der Waals surface area contributed by atoms with Crippen LogP contribution in [-0.4, -0.2) is 45.6 Å². The summed E-state index contributed by atoms with van der Waals surface area (Å²) < 4.78 is 0. The number of aliphatic hydroxyl groups excluding tert-OH is 2. The number of carboxylic acid groups (broad SMARTS) is 2. The molecule has 0 rings (SSSR count). The van der Waals surface area contributed by atoms with E-state index in [0.717, 1.165) is 6.92 Å². The molecule has 0 aliphatic carbocycles. The summed E-state index contributed by atoms with van der Waals surface area (Å²) in [6, 6.07) is 0. The van der Waals surface area contributed by atoms with Gasteiger partial charge in [-0.2, -0.15) is 0 Å². The van der Waals surface area contributed by atoms with Crippen molar-refractivity contribution in [3.05, 3.63) is 0 Å². The zero-order valence-corrected chi connectivity index (χ0v) is 8.38. The largest absolute Gasteiger partial charge is 0.483 e. The first-order valence-electron chi connectivity index (χ1n) is 3.98. The Morgan fingerprint density at radius 1 is 1.50 bits per heavy atom. The third kappa shape index (κ3) is 129. The molecule has 0 saturated carbocycles. The van der Waals surface area contributed by atoms with Crippen LogP contribution in [0.1, 0.15) is 26.7 Å². The molecule has 6 heteroatoms. The fourth-order valence-corrected chi connectivity index (χ4v) is 0.387. The van der Waals surface area contributed by atoms with Crippen LogP contribution in [0.15, 0.2) is 0 Å². The van der Waals surface area contributed by atoms with Crippen molar-refractivity contribution in [2.75, 3.05) is 6.61 Å². The van der Waals surface area contributed by atoms with Gasteiger partial charge in [-0.3, -0.25) is 9.59 Å². The maximum Gasteiger partial charge on any atom is 0.300 e. The quantitative estimate of drug-likeness (QED) is 0.485. The molecule has 0 aliphatic rings. The van der Waals surface area contributed by atoms with Gasteiger partial charge in [-0.15, -0.1) is 0 Å². The second-order valence-electron chi connectivity index (χ2n) is 2.34. The van der Waals surface area contributed by atoms with Gasteiger partial charge < -0.3 is 20.4 Å². The van der Waals surface area contributed by atoms with E-state index in [0.29, 0.717) is 12.8 Å². The minimum Gasteiger partial charge on any atom is -0.483 e. The summed E-state index contributed by atoms with van der Waals surface area (Å²) in [6.45, 7) is 2.74. The predicted octanol–water partition coefficient (Wildman–Crippen LogP) is -0.0686. The zero-order valence-electron chi connectivity index (χ0n) is 8.38. The van der Waals surface area contributed by atoms with E-state index in [1.165, 1.54) is 0 Å². The summed E-state index contributed by atoms with van der Waals surface area (Å²) in [4.78, 5) is 17.4. The van der Waals surface area contributed by atoms with E-state index in [4.69, 9.17) is 30.0 Å². The molecule has 0 fully saturated rings. The second kappa shape index (κ2) is 17.8. The molecule has 0 saturated heterocycles. The van der Waals surface area contributed by atoms with Crippen LogP contribution in [0.2, 0.25) is 0 Å². The topological polar surface area (TPSA) is 115 Å².